The smallest absolute Gasteiger partial charge is 0.401 e. The predicted octanol–water partition coefficient (Wildman–Crippen LogP) is 3.16. The standard InChI is InChI=1S/C13H21F3N2O/c1-4-17-7-11-5-6-19-12(11)8-18(10(2)3)9-13(14,15)16/h5-6,10,17H,4,7-9H2,1-3H3. The molecule has 0 radical (unpaired) electrons. The lowest BCUT2D eigenvalue weighted by atomic mass is 10.2. The molecule has 1 aromatic heterocycles. The average Bonchev–Trinajstić information content (AvgIpc) is 2.71. The molecule has 0 aliphatic carbocycles. The van der Waals surface area contributed by atoms with Crippen LogP contribution in [0.15, 0.2) is 16.7 Å². The van der Waals surface area contributed by atoms with E-state index in [2.05, 4.69) is 5.32 Å². The molecule has 6 heteroatoms. The van der Waals surface area contributed by atoms with Gasteiger partial charge in [0, 0.05) is 18.2 Å². The van der Waals surface area contributed by atoms with Crippen molar-refractivity contribution in [2.24, 2.45) is 0 Å². The lowest BCUT2D eigenvalue weighted by Crippen LogP contribution is -2.38. The van der Waals surface area contributed by atoms with Gasteiger partial charge in [0.2, 0.25) is 0 Å². The van der Waals surface area contributed by atoms with Crippen molar-refractivity contribution in [3.8, 4) is 0 Å². The van der Waals surface area contributed by atoms with E-state index in [4.69, 9.17) is 4.42 Å². The predicted molar refractivity (Wildman–Crippen MR) is 67.7 cm³/mol. The molecule has 1 N–H and O–H groups in total. The molecule has 0 spiro atoms. The Morgan fingerprint density at radius 1 is 1.37 bits per heavy atom. The van der Waals surface area contributed by atoms with Crippen molar-refractivity contribution in [1.29, 1.82) is 0 Å². The van der Waals surface area contributed by atoms with Gasteiger partial charge in [-0.1, -0.05) is 6.92 Å². The van der Waals surface area contributed by atoms with Gasteiger partial charge in [-0.2, -0.15) is 13.2 Å². The molecule has 19 heavy (non-hydrogen) atoms. The number of halogens is 3. The summed E-state index contributed by atoms with van der Waals surface area (Å²) in [7, 11) is 0. The highest BCUT2D eigenvalue weighted by Gasteiger charge is 2.32. The molecule has 1 rings (SSSR count). The number of hydrogen-bond donors (Lipinski definition) is 1. The first-order valence-electron chi connectivity index (χ1n) is 6.40. The van der Waals surface area contributed by atoms with Gasteiger partial charge in [-0.15, -0.1) is 0 Å². The molecule has 0 aromatic carbocycles. The highest BCUT2D eigenvalue weighted by atomic mass is 19.4. The van der Waals surface area contributed by atoms with E-state index in [9.17, 15) is 13.2 Å². The van der Waals surface area contributed by atoms with Crippen molar-refractivity contribution in [2.75, 3.05) is 13.1 Å². The van der Waals surface area contributed by atoms with Gasteiger partial charge < -0.3 is 9.73 Å². The van der Waals surface area contributed by atoms with E-state index in [-0.39, 0.29) is 12.6 Å². The van der Waals surface area contributed by atoms with E-state index >= 15 is 0 Å². The molecule has 1 heterocycles. The van der Waals surface area contributed by atoms with Gasteiger partial charge in [-0.3, -0.25) is 4.90 Å². The van der Waals surface area contributed by atoms with Crippen molar-refractivity contribution in [1.82, 2.24) is 10.2 Å². The molecule has 0 unspecified atom stereocenters. The Hall–Kier alpha value is -1.01. The molecule has 0 fully saturated rings. The fourth-order valence-corrected chi connectivity index (χ4v) is 1.76. The summed E-state index contributed by atoms with van der Waals surface area (Å²) in [5.74, 6) is 0.596. The molecule has 3 nitrogen and oxygen atoms in total. The minimum Gasteiger partial charge on any atom is -0.468 e. The van der Waals surface area contributed by atoms with E-state index in [0.717, 1.165) is 12.1 Å². The SMILES string of the molecule is CCNCc1ccoc1CN(CC(F)(F)F)C(C)C. The highest BCUT2D eigenvalue weighted by Crippen LogP contribution is 2.21. The van der Waals surface area contributed by atoms with Gasteiger partial charge >= 0.3 is 6.18 Å². The summed E-state index contributed by atoms with van der Waals surface area (Å²) < 4.78 is 42.8. The van der Waals surface area contributed by atoms with E-state index in [1.54, 1.807) is 19.9 Å². The third-order valence-electron chi connectivity index (χ3n) is 2.86. The molecule has 110 valence electrons. The van der Waals surface area contributed by atoms with Crippen LogP contribution in [-0.4, -0.2) is 30.2 Å². The Morgan fingerprint density at radius 2 is 2.05 bits per heavy atom. The zero-order valence-electron chi connectivity index (χ0n) is 11.5. The summed E-state index contributed by atoms with van der Waals surface area (Å²) >= 11 is 0. The summed E-state index contributed by atoms with van der Waals surface area (Å²) in [5.41, 5.74) is 0.912. The minimum absolute atomic E-state index is 0.172. The molecule has 0 aliphatic rings. The lowest BCUT2D eigenvalue weighted by molar-refractivity contribution is -0.151. The van der Waals surface area contributed by atoms with Crippen LogP contribution in [-0.2, 0) is 13.1 Å². The fraction of sp³-hybridized carbons (Fsp3) is 0.692. The Bertz CT molecular complexity index is 374. The van der Waals surface area contributed by atoms with Crippen molar-refractivity contribution in [2.45, 2.75) is 46.1 Å². The summed E-state index contributed by atoms with van der Waals surface area (Å²) in [6.07, 6.45) is -2.67. The van der Waals surface area contributed by atoms with Gasteiger partial charge in [0.05, 0.1) is 19.4 Å². The quantitative estimate of drug-likeness (QED) is 0.830. The number of nitrogens with one attached hydrogen (secondary N) is 1. The minimum atomic E-state index is -4.20. The molecular formula is C13H21F3N2O. The summed E-state index contributed by atoms with van der Waals surface area (Å²) in [4.78, 5) is 1.36. The second-order valence-electron chi connectivity index (χ2n) is 4.76. The van der Waals surface area contributed by atoms with Crippen LogP contribution >= 0.6 is 0 Å². The molecule has 0 atom stereocenters. The normalized spacial score (nSPS) is 12.6. The van der Waals surface area contributed by atoms with Crippen LogP contribution < -0.4 is 5.32 Å². The maximum absolute atomic E-state index is 12.5. The van der Waals surface area contributed by atoms with Crippen molar-refractivity contribution >= 4 is 0 Å². The zero-order chi connectivity index (χ0) is 14.5. The molecule has 0 saturated carbocycles. The largest absolute Gasteiger partial charge is 0.468 e. The van der Waals surface area contributed by atoms with E-state index in [1.165, 1.54) is 11.2 Å². The summed E-state index contributed by atoms with van der Waals surface area (Å²) in [5, 5.41) is 3.14. The fourth-order valence-electron chi connectivity index (χ4n) is 1.76. The van der Waals surface area contributed by atoms with Crippen LogP contribution in [0.2, 0.25) is 0 Å². The number of alkyl halides is 3. The van der Waals surface area contributed by atoms with Crippen LogP contribution in [0.5, 0.6) is 0 Å². The number of rotatable bonds is 7. The number of furan rings is 1. The van der Waals surface area contributed by atoms with Crippen LogP contribution in [0, 0.1) is 0 Å². The average molecular weight is 278 g/mol. The lowest BCUT2D eigenvalue weighted by Gasteiger charge is -2.26. The van der Waals surface area contributed by atoms with Crippen molar-refractivity contribution in [3.05, 3.63) is 23.7 Å². The van der Waals surface area contributed by atoms with Gasteiger partial charge in [0.15, 0.2) is 0 Å². The van der Waals surface area contributed by atoms with Crippen molar-refractivity contribution < 1.29 is 17.6 Å². The second kappa shape index (κ2) is 6.96. The maximum Gasteiger partial charge on any atom is 0.401 e. The van der Waals surface area contributed by atoms with Crippen LogP contribution in [0.3, 0.4) is 0 Å². The first kappa shape index (κ1) is 16.0. The third kappa shape index (κ3) is 5.65. The summed E-state index contributed by atoms with van der Waals surface area (Å²) in [6, 6.07) is 1.60. The van der Waals surface area contributed by atoms with Crippen LogP contribution in [0.1, 0.15) is 32.1 Å². The Kier molecular flexibility index (Phi) is 5.87. The highest BCUT2D eigenvalue weighted by molar-refractivity contribution is 5.16. The maximum atomic E-state index is 12.5. The number of hydrogen-bond acceptors (Lipinski definition) is 3. The third-order valence-corrected chi connectivity index (χ3v) is 2.86. The number of nitrogens with zero attached hydrogens (tertiary/aromatic N) is 1. The zero-order valence-corrected chi connectivity index (χ0v) is 11.5. The first-order chi connectivity index (χ1) is 8.83. The summed E-state index contributed by atoms with van der Waals surface area (Å²) in [6.45, 7) is 6.14. The van der Waals surface area contributed by atoms with Gasteiger partial charge in [-0.05, 0) is 26.5 Å². The Labute approximate surface area is 111 Å². The first-order valence-corrected chi connectivity index (χ1v) is 6.40. The van der Waals surface area contributed by atoms with Crippen LogP contribution in [0.4, 0.5) is 13.2 Å². The molecule has 0 bridgehead atoms. The van der Waals surface area contributed by atoms with Gasteiger partial charge in [0.25, 0.3) is 0 Å². The second-order valence-corrected chi connectivity index (χ2v) is 4.76. The molecule has 0 aliphatic heterocycles. The van der Waals surface area contributed by atoms with Crippen molar-refractivity contribution in [3.63, 3.8) is 0 Å². The van der Waals surface area contributed by atoms with Gasteiger partial charge in [-0.25, -0.2) is 0 Å². The van der Waals surface area contributed by atoms with Gasteiger partial charge in [0.1, 0.15) is 5.76 Å². The topological polar surface area (TPSA) is 28.4 Å². The van der Waals surface area contributed by atoms with E-state index < -0.39 is 12.7 Å². The van der Waals surface area contributed by atoms with E-state index in [0.29, 0.717) is 12.3 Å². The molecule has 1 aromatic rings. The van der Waals surface area contributed by atoms with E-state index in [1.807, 2.05) is 6.92 Å². The Morgan fingerprint density at radius 3 is 2.58 bits per heavy atom. The Balaban J connectivity index is 2.71. The molecule has 0 amide bonds. The monoisotopic (exact) mass is 278 g/mol. The molecular weight excluding hydrogens is 257 g/mol. The molecule has 0 saturated heterocycles. The van der Waals surface area contributed by atoms with Crippen LogP contribution in [0.25, 0.3) is 0 Å².